The van der Waals surface area contributed by atoms with Gasteiger partial charge in [0.15, 0.2) is 0 Å². The summed E-state index contributed by atoms with van der Waals surface area (Å²) < 4.78 is 38.1. The van der Waals surface area contributed by atoms with E-state index in [0.717, 1.165) is 18.9 Å². The number of halogens is 3. The Hall–Kier alpha value is -2.12. The SMILES string of the molecule is Cc1nc(C(F)(F)F)ccc1C(=O)N1CCCN(C(=O)C2CC2)CC1. The van der Waals surface area contributed by atoms with Gasteiger partial charge in [-0.3, -0.25) is 9.59 Å². The Labute approximate surface area is 143 Å². The summed E-state index contributed by atoms with van der Waals surface area (Å²) in [6.07, 6.45) is -1.99. The number of nitrogens with zero attached hydrogens (tertiary/aromatic N) is 3. The molecule has 1 saturated carbocycles. The summed E-state index contributed by atoms with van der Waals surface area (Å²) in [6, 6.07) is 2.02. The van der Waals surface area contributed by atoms with Gasteiger partial charge in [0.25, 0.3) is 5.91 Å². The molecule has 2 aliphatic rings. The first-order chi connectivity index (χ1) is 11.8. The van der Waals surface area contributed by atoms with Gasteiger partial charge in [-0.1, -0.05) is 0 Å². The second kappa shape index (κ2) is 6.65. The molecule has 0 bridgehead atoms. The average Bonchev–Trinajstić information content (AvgIpc) is 3.39. The Balaban J connectivity index is 1.69. The predicted molar refractivity (Wildman–Crippen MR) is 83.8 cm³/mol. The number of alkyl halides is 3. The van der Waals surface area contributed by atoms with E-state index in [4.69, 9.17) is 0 Å². The van der Waals surface area contributed by atoms with Gasteiger partial charge in [-0.15, -0.1) is 0 Å². The third kappa shape index (κ3) is 3.93. The van der Waals surface area contributed by atoms with Gasteiger partial charge in [0.05, 0.1) is 11.3 Å². The van der Waals surface area contributed by atoms with E-state index in [1.54, 1.807) is 9.80 Å². The summed E-state index contributed by atoms with van der Waals surface area (Å²) >= 11 is 0. The second-order valence-corrected chi connectivity index (χ2v) is 6.57. The predicted octanol–water partition coefficient (Wildman–Crippen LogP) is 2.49. The number of amides is 2. The molecule has 1 aromatic heterocycles. The Morgan fingerprint density at radius 3 is 2.32 bits per heavy atom. The van der Waals surface area contributed by atoms with E-state index in [1.165, 1.54) is 13.0 Å². The van der Waals surface area contributed by atoms with Gasteiger partial charge in [-0.2, -0.15) is 13.2 Å². The maximum atomic E-state index is 12.7. The van der Waals surface area contributed by atoms with Gasteiger partial charge in [-0.05, 0) is 38.3 Å². The molecule has 0 spiro atoms. The molecule has 0 atom stereocenters. The molecule has 136 valence electrons. The molecule has 25 heavy (non-hydrogen) atoms. The van der Waals surface area contributed by atoms with Crippen molar-refractivity contribution in [3.8, 4) is 0 Å². The number of aryl methyl sites for hydroxylation is 1. The standard InChI is InChI=1S/C17H20F3N3O2/c1-11-13(5-6-14(21-11)17(18,19)20)16(25)23-8-2-7-22(9-10-23)15(24)12-3-4-12/h5-6,12H,2-4,7-10H2,1H3. The van der Waals surface area contributed by atoms with Crippen LogP contribution >= 0.6 is 0 Å². The summed E-state index contributed by atoms with van der Waals surface area (Å²) in [7, 11) is 0. The molecule has 3 rings (SSSR count). The van der Waals surface area contributed by atoms with Crippen molar-refractivity contribution in [2.24, 2.45) is 5.92 Å². The fourth-order valence-electron chi connectivity index (χ4n) is 3.04. The Morgan fingerprint density at radius 1 is 1.08 bits per heavy atom. The largest absolute Gasteiger partial charge is 0.433 e. The van der Waals surface area contributed by atoms with Crippen LogP contribution in [0.4, 0.5) is 13.2 Å². The molecule has 1 saturated heterocycles. The Morgan fingerprint density at radius 2 is 1.72 bits per heavy atom. The molecule has 0 unspecified atom stereocenters. The maximum absolute atomic E-state index is 12.7. The Kier molecular flexibility index (Phi) is 4.71. The highest BCUT2D eigenvalue weighted by Gasteiger charge is 2.35. The van der Waals surface area contributed by atoms with E-state index in [-0.39, 0.29) is 29.0 Å². The van der Waals surface area contributed by atoms with E-state index in [0.29, 0.717) is 32.6 Å². The third-order valence-corrected chi connectivity index (χ3v) is 4.63. The van der Waals surface area contributed by atoms with E-state index < -0.39 is 11.9 Å². The van der Waals surface area contributed by atoms with Crippen LogP contribution in [0.5, 0.6) is 0 Å². The lowest BCUT2D eigenvalue weighted by Crippen LogP contribution is -2.38. The monoisotopic (exact) mass is 355 g/mol. The summed E-state index contributed by atoms with van der Waals surface area (Å²) in [4.78, 5) is 31.7. The number of aromatic nitrogens is 1. The quantitative estimate of drug-likeness (QED) is 0.819. The molecule has 0 aromatic carbocycles. The van der Waals surface area contributed by atoms with Crippen LogP contribution in [-0.4, -0.2) is 52.8 Å². The zero-order chi connectivity index (χ0) is 18.2. The molecule has 1 aromatic rings. The molecular formula is C17H20F3N3O2. The van der Waals surface area contributed by atoms with Gasteiger partial charge in [0.2, 0.25) is 5.91 Å². The van der Waals surface area contributed by atoms with Crippen molar-refractivity contribution >= 4 is 11.8 Å². The molecule has 1 aliphatic heterocycles. The van der Waals surface area contributed by atoms with E-state index in [9.17, 15) is 22.8 Å². The zero-order valence-corrected chi connectivity index (χ0v) is 14.0. The first-order valence-corrected chi connectivity index (χ1v) is 8.40. The third-order valence-electron chi connectivity index (χ3n) is 4.63. The number of carbonyl (C=O) groups excluding carboxylic acids is 2. The van der Waals surface area contributed by atoms with Crippen LogP contribution in [0.3, 0.4) is 0 Å². The molecule has 0 radical (unpaired) electrons. The van der Waals surface area contributed by atoms with Crippen molar-refractivity contribution in [3.63, 3.8) is 0 Å². The lowest BCUT2D eigenvalue weighted by atomic mass is 10.1. The second-order valence-electron chi connectivity index (χ2n) is 6.57. The van der Waals surface area contributed by atoms with Crippen LogP contribution in [-0.2, 0) is 11.0 Å². The average molecular weight is 355 g/mol. The smallest absolute Gasteiger partial charge is 0.341 e. The van der Waals surface area contributed by atoms with E-state index in [1.807, 2.05) is 0 Å². The fourth-order valence-corrected chi connectivity index (χ4v) is 3.04. The van der Waals surface area contributed by atoms with Crippen molar-refractivity contribution in [3.05, 3.63) is 29.1 Å². The van der Waals surface area contributed by atoms with Crippen LogP contribution in [0.1, 0.15) is 41.0 Å². The topological polar surface area (TPSA) is 53.5 Å². The zero-order valence-electron chi connectivity index (χ0n) is 14.0. The Bertz CT molecular complexity index is 686. The summed E-state index contributed by atoms with van der Waals surface area (Å²) in [6.45, 7) is 3.35. The van der Waals surface area contributed by atoms with Gasteiger partial charge in [-0.25, -0.2) is 4.98 Å². The van der Waals surface area contributed by atoms with Crippen molar-refractivity contribution in [1.82, 2.24) is 14.8 Å². The van der Waals surface area contributed by atoms with E-state index >= 15 is 0 Å². The maximum Gasteiger partial charge on any atom is 0.433 e. The molecule has 2 amide bonds. The number of hydrogen-bond acceptors (Lipinski definition) is 3. The molecule has 2 heterocycles. The minimum atomic E-state index is -4.53. The van der Waals surface area contributed by atoms with Crippen LogP contribution < -0.4 is 0 Å². The fraction of sp³-hybridized carbons (Fsp3) is 0.588. The minimum Gasteiger partial charge on any atom is -0.341 e. The van der Waals surface area contributed by atoms with Gasteiger partial charge >= 0.3 is 6.18 Å². The lowest BCUT2D eigenvalue weighted by molar-refractivity contribution is -0.141. The van der Waals surface area contributed by atoms with Crippen molar-refractivity contribution in [2.45, 2.75) is 32.4 Å². The van der Waals surface area contributed by atoms with Crippen molar-refractivity contribution in [1.29, 1.82) is 0 Å². The summed E-state index contributed by atoms with van der Waals surface area (Å²) in [5, 5.41) is 0. The molecular weight excluding hydrogens is 335 g/mol. The number of rotatable bonds is 2. The highest BCUT2D eigenvalue weighted by Crippen LogP contribution is 2.31. The number of pyridine rings is 1. The van der Waals surface area contributed by atoms with Crippen LogP contribution in [0.15, 0.2) is 12.1 Å². The molecule has 2 fully saturated rings. The van der Waals surface area contributed by atoms with Crippen molar-refractivity contribution < 1.29 is 22.8 Å². The molecule has 1 aliphatic carbocycles. The molecule has 0 N–H and O–H groups in total. The normalized spacial score (nSPS) is 18.9. The lowest BCUT2D eigenvalue weighted by Gasteiger charge is -2.23. The number of hydrogen-bond donors (Lipinski definition) is 0. The molecule has 8 heteroatoms. The minimum absolute atomic E-state index is 0.0648. The molecule has 5 nitrogen and oxygen atoms in total. The van der Waals surface area contributed by atoms with Gasteiger partial charge < -0.3 is 9.80 Å². The summed E-state index contributed by atoms with van der Waals surface area (Å²) in [5.41, 5.74) is -0.761. The van der Waals surface area contributed by atoms with Gasteiger partial charge in [0.1, 0.15) is 5.69 Å². The first kappa shape index (κ1) is 17.7. The highest BCUT2D eigenvalue weighted by molar-refractivity contribution is 5.95. The van der Waals surface area contributed by atoms with Crippen molar-refractivity contribution in [2.75, 3.05) is 26.2 Å². The summed E-state index contributed by atoms with van der Waals surface area (Å²) in [5.74, 6) is -0.0373. The van der Waals surface area contributed by atoms with Crippen LogP contribution in [0.2, 0.25) is 0 Å². The van der Waals surface area contributed by atoms with Crippen LogP contribution in [0.25, 0.3) is 0 Å². The number of carbonyl (C=O) groups is 2. The van der Waals surface area contributed by atoms with E-state index in [2.05, 4.69) is 4.98 Å². The van der Waals surface area contributed by atoms with Crippen LogP contribution in [0, 0.1) is 12.8 Å². The van der Waals surface area contributed by atoms with Gasteiger partial charge in [0, 0.05) is 32.1 Å². The first-order valence-electron chi connectivity index (χ1n) is 8.40. The highest BCUT2D eigenvalue weighted by atomic mass is 19.4.